The van der Waals surface area contributed by atoms with Crippen molar-refractivity contribution in [2.24, 2.45) is 5.92 Å². The number of nitrogens with one attached hydrogen (secondary N) is 2. The topological polar surface area (TPSA) is 67.4 Å². The number of carbonyl (C=O) groups excluding carboxylic acids is 2. The number of hydrogen-bond donors (Lipinski definition) is 2. The van der Waals surface area contributed by atoms with Gasteiger partial charge in [-0.25, -0.2) is 4.79 Å². The van der Waals surface area contributed by atoms with Gasteiger partial charge in [-0.15, -0.1) is 0 Å². The largest absolute Gasteiger partial charge is 0.462 e. The summed E-state index contributed by atoms with van der Waals surface area (Å²) in [6.45, 7) is 7.69. The molecule has 130 valence electrons. The van der Waals surface area contributed by atoms with Gasteiger partial charge in [0.25, 0.3) is 0 Å². The highest BCUT2D eigenvalue weighted by atomic mass is 16.5. The van der Waals surface area contributed by atoms with Crippen LogP contribution in [0.3, 0.4) is 0 Å². The molecule has 5 nitrogen and oxygen atoms in total. The number of carbonyl (C=O) groups is 2. The molecule has 0 bridgehead atoms. The monoisotopic (exact) mass is 338 g/mol. The molecule has 3 atom stereocenters. The molecule has 3 unspecified atom stereocenters. The van der Waals surface area contributed by atoms with E-state index in [-0.39, 0.29) is 18.1 Å². The Bertz CT molecular complexity index is 825. The highest BCUT2D eigenvalue weighted by Gasteiger charge is 2.39. The Morgan fingerprint density at radius 2 is 1.96 bits per heavy atom. The fourth-order valence-corrected chi connectivity index (χ4v) is 3.10. The maximum absolute atomic E-state index is 12.7. The van der Waals surface area contributed by atoms with Crippen LogP contribution in [0.5, 0.6) is 0 Å². The minimum Gasteiger partial charge on any atom is -0.462 e. The van der Waals surface area contributed by atoms with E-state index in [1.807, 2.05) is 56.3 Å². The summed E-state index contributed by atoms with van der Waals surface area (Å²) in [5.41, 5.74) is 1.23. The SMILES string of the molecule is C=C1NC(=O)NC(c2cccc3ccccc23)C1C(=O)OC(C)CC. The van der Waals surface area contributed by atoms with Crippen LogP contribution in [0.1, 0.15) is 31.9 Å². The van der Waals surface area contributed by atoms with E-state index in [9.17, 15) is 9.59 Å². The van der Waals surface area contributed by atoms with Crippen molar-refractivity contribution >= 4 is 22.8 Å². The third-order valence-corrected chi connectivity index (χ3v) is 4.57. The van der Waals surface area contributed by atoms with Crippen LogP contribution in [0.4, 0.5) is 4.79 Å². The number of esters is 1. The molecule has 2 amide bonds. The van der Waals surface area contributed by atoms with E-state index in [0.717, 1.165) is 22.8 Å². The zero-order chi connectivity index (χ0) is 18.0. The second-order valence-electron chi connectivity index (χ2n) is 6.30. The Morgan fingerprint density at radius 3 is 2.72 bits per heavy atom. The molecule has 25 heavy (non-hydrogen) atoms. The maximum Gasteiger partial charge on any atom is 0.319 e. The van der Waals surface area contributed by atoms with Gasteiger partial charge < -0.3 is 15.4 Å². The van der Waals surface area contributed by atoms with Crippen LogP contribution in [-0.4, -0.2) is 18.1 Å². The van der Waals surface area contributed by atoms with Crippen molar-refractivity contribution in [2.45, 2.75) is 32.4 Å². The first-order valence-corrected chi connectivity index (χ1v) is 8.45. The number of benzene rings is 2. The Hall–Kier alpha value is -2.82. The van der Waals surface area contributed by atoms with Gasteiger partial charge in [0.05, 0.1) is 12.1 Å². The van der Waals surface area contributed by atoms with Crippen molar-refractivity contribution in [2.75, 3.05) is 0 Å². The maximum atomic E-state index is 12.7. The number of fused-ring (bicyclic) bond motifs is 1. The first-order chi connectivity index (χ1) is 12.0. The third-order valence-electron chi connectivity index (χ3n) is 4.57. The van der Waals surface area contributed by atoms with E-state index in [0.29, 0.717) is 5.70 Å². The molecule has 0 radical (unpaired) electrons. The van der Waals surface area contributed by atoms with Gasteiger partial charge in [-0.2, -0.15) is 0 Å². The van der Waals surface area contributed by atoms with Crippen LogP contribution in [0.15, 0.2) is 54.7 Å². The van der Waals surface area contributed by atoms with Crippen LogP contribution >= 0.6 is 0 Å². The molecule has 0 saturated carbocycles. The first kappa shape index (κ1) is 17.0. The summed E-state index contributed by atoms with van der Waals surface area (Å²) in [5, 5.41) is 7.51. The van der Waals surface area contributed by atoms with Crippen LogP contribution in [0.2, 0.25) is 0 Å². The van der Waals surface area contributed by atoms with Crippen molar-refractivity contribution in [1.29, 1.82) is 0 Å². The summed E-state index contributed by atoms with van der Waals surface area (Å²) in [7, 11) is 0. The molecular formula is C20H22N2O3. The third kappa shape index (κ3) is 3.36. The molecule has 1 heterocycles. The molecule has 1 fully saturated rings. The Morgan fingerprint density at radius 1 is 1.24 bits per heavy atom. The van der Waals surface area contributed by atoms with Gasteiger partial charge in [0.15, 0.2) is 0 Å². The van der Waals surface area contributed by atoms with Crippen molar-refractivity contribution in [3.05, 3.63) is 60.3 Å². The lowest BCUT2D eigenvalue weighted by Crippen LogP contribution is -2.51. The lowest BCUT2D eigenvalue weighted by Gasteiger charge is -2.34. The van der Waals surface area contributed by atoms with Gasteiger partial charge in [0.1, 0.15) is 5.92 Å². The average Bonchev–Trinajstić information content (AvgIpc) is 2.60. The highest BCUT2D eigenvalue weighted by molar-refractivity contribution is 5.90. The van der Waals surface area contributed by atoms with Gasteiger partial charge in [-0.1, -0.05) is 56.0 Å². The minimum atomic E-state index is -0.683. The van der Waals surface area contributed by atoms with Gasteiger partial charge >= 0.3 is 12.0 Å². The summed E-state index contributed by atoms with van der Waals surface area (Å²) in [5.74, 6) is -1.07. The summed E-state index contributed by atoms with van der Waals surface area (Å²) in [4.78, 5) is 24.7. The smallest absolute Gasteiger partial charge is 0.319 e. The van der Waals surface area contributed by atoms with Crippen molar-refractivity contribution in [1.82, 2.24) is 10.6 Å². The lowest BCUT2D eigenvalue weighted by molar-refractivity contribution is -0.153. The second kappa shape index (κ2) is 6.97. The Kier molecular flexibility index (Phi) is 4.74. The molecule has 1 aliphatic heterocycles. The summed E-state index contributed by atoms with van der Waals surface area (Å²) < 4.78 is 5.52. The summed E-state index contributed by atoms with van der Waals surface area (Å²) in [6.07, 6.45) is 0.537. The minimum absolute atomic E-state index is 0.189. The van der Waals surface area contributed by atoms with Crippen LogP contribution in [0, 0.1) is 5.92 Å². The van der Waals surface area contributed by atoms with Crippen LogP contribution in [-0.2, 0) is 9.53 Å². The Labute approximate surface area is 147 Å². The van der Waals surface area contributed by atoms with Gasteiger partial charge in [0.2, 0.25) is 0 Å². The molecule has 0 aliphatic carbocycles. The van der Waals surface area contributed by atoms with E-state index in [2.05, 4.69) is 17.2 Å². The molecule has 0 aromatic heterocycles. The fourth-order valence-electron chi connectivity index (χ4n) is 3.10. The van der Waals surface area contributed by atoms with Crippen LogP contribution in [0.25, 0.3) is 10.8 Å². The number of hydrogen-bond acceptors (Lipinski definition) is 3. The zero-order valence-electron chi connectivity index (χ0n) is 14.4. The predicted molar refractivity (Wildman–Crippen MR) is 96.8 cm³/mol. The normalized spacial score (nSPS) is 21.4. The molecule has 2 aromatic rings. The van der Waals surface area contributed by atoms with E-state index in [1.165, 1.54) is 0 Å². The van der Waals surface area contributed by atoms with Gasteiger partial charge in [-0.3, -0.25) is 4.79 Å². The van der Waals surface area contributed by atoms with Crippen molar-refractivity contribution in [3.8, 4) is 0 Å². The summed E-state index contributed by atoms with van der Waals surface area (Å²) in [6, 6.07) is 12.8. The highest BCUT2D eigenvalue weighted by Crippen LogP contribution is 2.34. The summed E-state index contributed by atoms with van der Waals surface area (Å²) >= 11 is 0. The molecule has 2 aromatic carbocycles. The molecule has 3 rings (SSSR count). The molecule has 0 spiro atoms. The number of amides is 2. The molecule has 1 aliphatic rings. The van der Waals surface area contributed by atoms with E-state index < -0.39 is 12.0 Å². The fraction of sp³-hybridized carbons (Fsp3) is 0.300. The number of rotatable bonds is 4. The quantitative estimate of drug-likeness (QED) is 0.836. The Balaban J connectivity index is 2.04. The van der Waals surface area contributed by atoms with E-state index in [1.54, 1.807) is 0 Å². The second-order valence-corrected chi connectivity index (χ2v) is 6.30. The average molecular weight is 338 g/mol. The van der Waals surface area contributed by atoms with Gasteiger partial charge in [0, 0.05) is 5.70 Å². The van der Waals surface area contributed by atoms with Gasteiger partial charge in [-0.05, 0) is 29.7 Å². The van der Waals surface area contributed by atoms with Crippen molar-refractivity contribution in [3.63, 3.8) is 0 Å². The predicted octanol–water partition coefficient (Wildman–Crippen LogP) is 3.67. The zero-order valence-corrected chi connectivity index (χ0v) is 14.4. The van der Waals surface area contributed by atoms with Crippen LogP contribution < -0.4 is 10.6 Å². The van der Waals surface area contributed by atoms with Crippen molar-refractivity contribution < 1.29 is 14.3 Å². The first-order valence-electron chi connectivity index (χ1n) is 8.45. The number of urea groups is 1. The lowest BCUT2D eigenvalue weighted by atomic mass is 9.86. The standard InChI is InChI=1S/C20H22N2O3/c1-4-12(2)25-19(23)17-13(3)21-20(24)22-18(17)16-11-7-9-14-8-5-6-10-15(14)16/h5-12,17-18H,3-4H2,1-2H3,(H2,21,22,24). The van der Waals surface area contributed by atoms with E-state index in [4.69, 9.17) is 4.74 Å². The molecule has 2 N–H and O–H groups in total. The molecule has 5 heteroatoms. The molecule has 1 saturated heterocycles. The molecular weight excluding hydrogens is 316 g/mol. The van der Waals surface area contributed by atoms with E-state index >= 15 is 0 Å². The number of ether oxygens (including phenoxy) is 1.